The Morgan fingerprint density at radius 3 is 2.61 bits per heavy atom. The number of anilines is 1. The van der Waals surface area contributed by atoms with Gasteiger partial charge in [0.25, 0.3) is 0 Å². The van der Waals surface area contributed by atoms with Gasteiger partial charge in [0.1, 0.15) is 12.6 Å². The number of fused-ring (bicyclic) bond motifs is 4. The first-order valence-corrected chi connectivity index (χ1v) is 16.2. The van der Waals surface area contributed by atoms with Crippen LogP contribution in [-0.2, 0) is 19.1 Å². The lowest BCUT2D eigenvalue weighted by Gasteiger charge is -2.55. The number of ether oxygens (including phenoxy) is 2. The minimum atomic E-state index is -1.02. The Balaban J connectivity index is 1.47. The molecule has 3 fully saturated rings. The van der Waals surface area contributed by atoms with E-state index in [9.17, 15) is 19.6 Å². The lowest BCUT2D eigenvalue weighted by Crippen LogP contribution is -2.52. The molecular formula is C36H44N2O6. The summed E-state index contributed by atoms with van der Waals surface area (Å²) >= 11 is 0. The second-order valence-electron chi connectivity index (χ2n) is 13.6. The molecule has 8 nitrogen and oxygen atoms in total. The number of hydrogen-bond acceptors (Lipinski definition) is 8. The number of morpholine rings is 1. The maximum absolute atomic E-state index is 14.1. The molecule has 8 heteroatoms. The van der Waals surface area contributed by atoms with Crippen molar-refractivity contribution < 1.29 is 24.2 Å². The van der Waals surface area contributed by atoms with E-state index in [1.165, 1.54) is 34.9 Å². The fourth-order valence-electron chi connectivity index (χ4n) is 9.44. The molecule has 0 amide bonds. The predicted octanol–water partition coefficient (Wildman–Crippen LogP) is 5.35. The fourth-order valence-corrected chi connectivity index (χ4v) is 9.44. The number of carbonyl (C=O) groups is 2. The SMILES string of the molecule is CC(=O)OCC(=O)[C@@]1(C#CCO)CC[C@H]2[C@@H]3CC(C)C4=CC(N=O)CCC4=C3C(c3ccc(N4CCOCC4)cc3)C[C@@]21C. The van der Waals surface area contributed by atoms with E-state index in [1.807, 2.05) is 0 Å². The van der Waals surface area contributed by atoms with E-state index in [1.54, 1.807) is 0 Å². The lowest BCUT2D eigenvalue weighted by atomic mass is 9.47. The van der Waals surface area contributed by atoms with Crippen LogP contribution >= 0.6 is 0 Å². The third kappa shape index (κ3) is 5.12. The molecule has 2 saturated carbocycles. The van der Waals surface area contributed by atoms with E-state index in [-0.39, 0.29) is 48.7 Å². The molecule has 5 aliphatic rings. The molecule has 3 unspecified atom stereocenters. The van der Waals surface area contributed by atoms with Gasteiger partial charge in [0.05, 0.1) is 18.6 Å². The third-order valence-electron chi connectivity index (χ3n) is 11.5. The van der Waals surface area contributed by atoms with Crippen LogP contribution in [0, 0.1) is 45.3 Å². The monoisotopic (exact) mass is 600 g/mol. The Labute approximate surface area is 260 Å². The molecule has 1 heterocycles. The molecule has 1 N–H and O–H groups in total. The van der Waals surface area contributed by atoms with Gasteiger partial charge in [-0.3, -0.25) is 9.59 Å². The van der Waals surface area contributed by atoms with Gasteiger partial charge in [0, 0.05) is 31.6 Å². The highest BCUT2D eigenvalue weighted by Crippen LogP contribution is 2.70. The second kappa shape index (κ2) is 12.3. The number of ketones is 1. The van der Waals surface area contributed by atoms with Gasteiger partial charge in [0.15, 0.2) is 12.4 Å². The van der Waals surface area contributed by atoms with Gasteiger partial charge < -0.3 is 19.5 Å². The first-order valence-electron chi connectivity index (χ1n) is 16.2. The van der Waals surface area contributed by atoms with Gasteiger partial charge in [0.2, 0.25) is 0 Å². The number of allylic oxidation sites excluding steroid dienone is 3. The van der Waals surface area contributed by atoms with Gasteiger partial charge >= 0.3 is 5.97 Å². The van der Waals surface area contributed by atoms with Gasteiger partial charge in [-0.05, 0) is 90.5 Å². The molecule has 1 aromatic carbocycles. The van der Waals surface area contributed by atoms with Crippen LogP contribution < -0.4 is 4.90 Å². The Morgan fingerprint density at radius 1 is 1.18 bits per heavy atom. The second-order valence-corrected chi connectivity index (χ2v) is 13.6. The molecule has 1 aromatic rings. The number of aliphatic hydroxyl groups is 1. The maximum Gasteiger partial charge on any atom is 0.303 e. The average molecular weight is 601 g/mol. The quantitative estimate of drug-likeness (QED) is 0.267. The molecule has 44 heavy (non-hydrogen) atoms. The zero-order chi connectivity index (χ0) is 31.1. The molecule has 6 rings (SSSR count). The molecule has 0 spiro atoms. The number of hydrogen-bond donors (Lipinski definition) is 1. The summed E-state index contributed by atoms with van der Waals surface area (Å²) in [6, 6.07) is 8.65. The van der Waals surface area contributed by atoms with Crippen molar-refractivity contribution in [3.05, 3.63) is 57.5 Å². The molecular weight excluding hydrogens is 556 g/mol. The normalized spacial score (nSPS) is 34.5. The molecule has 0 radical (unpaired) electrons. The van der Waals surface area contributed by atoms with Crippen LogP contribution in [0.3, 0.4) is 0 Å². The van der Waals surface area contributed by atoms with E-state index >= 15 is 0 Å². The van der Waals surface area contributed by atoms with Crippen molar-refractivity contribution in [1.82, 2.24) is 0 Å². The first-order chi connectivity index (χ1) is 21.2. The van der Waals surface area contributed by atoms with Gasteiger partial charge in [-0.25, -0.2) is 0 Å². The Morgan fingerprint density at radius 2 is 1.93 bits per heavy atom. The number of aliphatic hydroxyl groups excluding tert-OH is 1. The maximum atomic E-state index is 14.1. The summed E-state index contributed by atoms with van der Waals surface area (Å²) in [5.41, 5.74) is 5.04. The summed E-state index contributed by atoms with van der Waals surface area (Å²) in [4.78, 5) is 39.7. The summed E-state index contributed by atoms with van der Waals surface area (Å²) < 4.78 is 10.8. The molecule has 234 valence electrons. The zero-order valence-corrected chi connectivity index (χ0v) is 26.1. The number of esters is 1. The van der Waals surface area contributed by atoms with Crippen LogP contribution in [0.2, 0.25) is 0 Å². The van der Waals surface area contributed by atoms with E-state index in [2.05, 4.69) is 66.1 Å². The molecule has 0 aromatic heterocycles. The largest absolute Gasteiger partial charge is 0.458 e. The minimum Gasteiger partial charge on any atom is -0.458 e. The fraction of sp³-hybridized carbons (Fsp3) is 0.611. The van der Waals surface area contributed by atoms with Crippen molar-refractivity contribution in [2.45, 2.75) is 71.3 Å². The Kier molecular flexibility index (Phi) is 8.56. The van der Waals surface area contributed by atoms with Crippen molar-refractivity contribution in [1.29, 1.82) is 0 Å². The van der Waals surface area contributed by atoms with Crippen molar-refractivity contribution >= 4 is 17.4 Å². The Bertz CT molecular complexity index is 1430. The summed E-state index contributed by atoms with van der Waals surface area (Å²) in [5.74, 6) is 6.31. The standard InChI is InChI=1S/C36H44N2O6/c1-23-19-30-32-11-13-36(12-4-16-39,33(41)22-44-24(2)40)35(32,3)21-31(34(30)28-10-7-26(37-42)20-29(23)28)25-5-8-27(9-6-25)38-14-17-43-18-15-38/h5-6,8-9,20,23,26,30-32,39H,7,10-11,13-19,21-22H2,1-3H3/t23?,26?,30-,31?,32-,35-,36+/m0/s1. The van der Waals surface area contributed by atoms with Crippen LogP contribution in [-0.4, -0.2) is 62.4 Å². The van der Waals surface area contributed by atoms with Crippen LogP contribution in [0.5, 0.6) is 0 Å². The minimum absolute atomic E-state index is 0.0709. The smallest absolute Gasteiger partial charge is 0.303 e. The van der Waals surface area contributed by atoms with Crippen molar-refractivity contribution in [3.63, 3.8) is 0 Å². The lowest BCUT2D eigenvalue weighted by molar-refractivity contribution is -0.150. The summed E-state index contributed by atoms with van der Waals surface area (Å²) in [6.45, 7) is 8.36. The van der Waals surface area contributed by atoms with Crippen LogP contribution in [0.1, 0.15) is 70.8 Å². The number of benzene rings is 1. The van der Waals surface area contributed by atoms with Crippen molar-refractivity contribution in [3.8, 4) is 11.8 Å². The highest BCUT2D eigenvalue weighted by atomic mass is 16.5. The summed E-state index contributed by atoms with van der Waals surface area (Å²) in [5, 5.41) is 13.1. The van der Waals surface area contributed by atoms with Crippen LogP contribution in [0.15, 0.2) is 52.2 Å². The van der Waals surface area contributed by atoms with Crippen LogP contribution in [0.4, 0.5) is 5.69 Å². The number of Topliss-reactive ketones (excluding diaryl/α,β-unsaturated/α-hetero) is 1. The predicted molar refractivity (Wildman–Crippen MR) is 168 cm³/mol. The zero-order valence-electron chi connectivity index (χ0n) is 26.1. The summed E-state index contributed by atoms with van der Waals surface area (Å²) in [7, 11) is 0. The molecule has 4 aliphatic carbocycles. The molecule has 7 atom stereocenters. The summed E-state index contributed by atoms with van der Waals surface area (Å²) in [6.07, 6.45) is 6.77. The molecule has 1 saturated heterocycles. The highest BCUT2D eigenvalue weighted by Gasteiger charge is 2.66. The van der Waals surface area contributed by atoms with Crippen LogP contribution in [0.25, 0.3) is 0 Å². The number of nitroso groups, excluding NO2 is 1. The third-order valence-corrected chi connectivity index (χ3v) is 11.5. The van der Waals surface area contributed by atoms with Crippen molar-refractivity contribution in [2.24, 2.45) is 33.8 Å². The number of rotatable bonds is 6. The number of nitrogens with zero attached hydrogens (tertiary/aromatic N) is 2. The topological polar surface area (TPSA) is 106 Å². The average Bonchev–Trinajstić information content (AvgIpc) is 3.35. The van der Waals surface area contributed by atoms with E-state index in [0.29, 0.717) is 6.42 Å². The van der Waals surface area contributed by atoms with Gasteiger partial charge in [-0.15, -0.1) is 0 Å². The van der Waals surface area contributed by atoms with Gasteiger partial charge in [-0.2, -0.15) is 4.91 Å². The van der Waals surface area contributed by atoms with E-state index in [0.717, 1.165) is 58.4 Å². The van der Waals surface area contributed by atoms with E-state index < -0.39 is 16.8 Å². The van der Waals surface area contributed by atoms with Gasteiger partial charge in [-0.1, -0.05) is 54.6 Å². The first kappa shape index (κ1) is 30.7. The molecule has 1 aliphatic heterocycles. The van der Waals surface area contributed by atoms with E-state index in [4.69, 9.17) is 9.47 Å². The van der Waals surface area contributed by atoms with Crippen molar-refractivity contribution in [2.75, 3.05) is 44.4 Å². The Hall–Kier alpha value is -3.28. The molecule has 0 bridgehead atoms. The highest BCUT2D eigenvalue weighted by molar-refractivity contribution is 5.91. The number of carbonyl (C=O) groups excluding carboxylic acids is 2.